The maximum absolute atomic E-state index is 12.7. The number of piperidine rings is 1. The molecule has 0 radical (unpaired) electrons. The van der Waals surface area contributed by atoms with Gasteiger partial charge in [0.15, 0.2) is 0 Å². The minimum atomic E-state index is -0.893. The Bertz CT molecular complexity index is 884. The number of hydrogen-bond donors (Lipinski definition) is 1. The normalized spacial score (nSPS) is 18.9. The highest BCUT2D eigenvalue weighted by Crippen LogP contribution is 2.34. The van der Waals surface area contributed by atoms with Gasteiger partial charge in [-0.05, 0) is 18.4 Å². The van der Waals surface area contributed by atoms with Gasteiger partial charge in [-0.25, -0.2) is 9.78 Å². The van der Waals surface area contributed by atoms with Gasteiger partial charge in [0.05, 0.1) is 12.5 Å². The molecule has 4 rings (SSSR count). The number of carbonyl (C=O) groups is 3. The standard InChI is InChI=1S/C19H21N5O3/c1-22-13-20-11-15(22)16(25)23-9-7-19(8-10-23)17(26)21-18(27)24(19)12-14-5-3-2-4-6-14/h2-6,11,13H,7-10,12H2,1H3,(H,21,26,27). The third-order valence-corrected chi connectivity index (χ3v) is 5.50. The summed E-state index contributed by atoms with van der Waals surface area (Å²) in [7, 11) is 1.77. The molecule has 8 heteroatoms. The SMILES string of the molecule is Cn1cncc1C(=O)N1CCC2(CC1)C(=O)NC(=O)N2Cc1ccccc1. The van der Waals surface area contributed by atoms with E-state index in [-0.39, 0.29) is 17.8 Å². The van der Waals surface area contributed by atoms with Crippen molar-refractivity contribution in [3.63, 3.8) is 0 Å². The number of imidazole rings is 1. The topological polar surface area (TPSA) is 87.5 Å². The summed E-state index contributed by atoms with van der Waals surface area (Å²) in [6, 6.07) is 9.24. The summed E-state index contributed by atoms with van der Waals surface area (Å²) in [4.78, 5) is 45.1. The Morgan fingerprint density at radius 1 is 1.19 bits per heavy atom. The van der Waals surface area contributed by atoms with Gasteiger partial charge >= 0.3 is 6.03 Å². The zero-order valence-corrected chi connectivity index (χ0v) is 15.1. The highest BCUT2D eigenvalue weighted by Gasteiger charge is 2.54. The van der Waals surface area contributed by atoms with E-state index in [9.17, 15) is 14.4 Å². The summed E-state index contributed by atoms with van der Waals surface area (Å²) in [5, 5.41) is 2.46. The summed E-state index contributed by atoms with van der Waals surface area (Å²) in [5.41, 5.74) is 0.588. The van der Waals surface area contributed by atoms with E-state index in [1.807, 2.05) is 30.3 Å². The molecule has 8 nitrogen and oxygen atoms in total. The number of hydrogen-bond acceptors (Lipinski definition) is 4. The van der Waals surface area contributed by atoms with Crippen molar-refractivity contribution in [2.45, 2.75) is 24.9 Å². The molecule has 0 saturated carbocycles. The minimum absolute atomic E-state index is 0.107. The first kappa shape index (κ1) is 17.3. The lowest BCUT2D eigenvalue weighted by Gasteiger charge is -2.42. The zero-order chi connectivity index (χ0) is 19.0. The fourth-order valence-electron chi connectivity index (χ4n) is 3.89. The molecule has 2 fully saturated rings. The van der Waals surface area contributed by atoms with Gasteiger partial charge in [0.1, 0.15) is 11.2 Å². The fraction of sp³-hybridized carbons (Fsp3) is 0.368. The van der Waals surface area contributed by atoms with E-state index in [1.54, 1.807) is 33.9 Å². The Hall–Kier alpha value is -3.16. The molecule has 2 aliphatic heterocycles. The molecule has 1 N–H and O–H groups in total. The van der Waals surface area contributed by atoms with Crippen LogP contribution in [0.2, 0.25) is 0 Å². The molecule has 2 aromatic rings. The van der Waals surface area contributed by atoms with Crippen LogP contribution in [0.3, 0.4) is 0 Å². The first-order valence-corrected chi connectivity index (χ1v) is 8.94. The van der Waals surface area contributed by atoms with Gasteiger partial charge in [-0.3, -0.25) is 14.9 Å². The van der Waals surface area contributed by atoms with Gasteiger partial charge in [-0.2, -0.15) is 0 Å². The third kappa shape index (κ3) is 2.87. The number of rotatable bonds is 3. The number of likely N-dealkylation sites (tertiary alicyclic amines) is 1. The monoisotopic (exact) mass is 367 g/mol. The number of imide groups is 1. The summed E-state index contributed by atoms with van der Waals surface area (Å²) < 4.78 is 1.68. The Balaban J connectivity index is 1.52. The molecular formula is C19H21N5O3. The molecule has 1 aromatic carbocycles. The van der Waals surface area contributed by atoms with Crippen LogP contribution in [0.15, 0.2) is 42.9 Å². The molecule has 2 aliphatic rings. The molecular weight excluding hydrogens is 346 g/mol. The van der Waals surface area contributed by atoms with E-state index >= 15 is 0 Å². The van der Waals surface area contributed by atoms with Crippen LogP contribution in [-0.2, 0) is 18.4 Å². The van der Waals surface area contributed by atoms with Crippen LogP contribution in [0, 0.1) is 0 Å². The summed E-state index contributed by atoms with van der Waals surface area (Å²) >= 11 is 0. The van der Waals surface area contributed by atoms with Crippen molar-refractivity contribution in [1.29, 1.82) is 0 Å². The number of carbonyl (C=O) groups excluding carboxylic acids is 3. The molecule has 27 heavy (non-hydrogen) atoms. The average molecular weight is 367 g/mol. The number of urea groups is 1. The van der Waals surface area contributed by atoms with E-state index in [0.717, 1.165) is 5.56 Å². The second-order valence-corrected chi connectivity index (χ2v) is 7.04. The van der Waals surface area contributed by atoms with Crippen LogP contribution in [-0.4, -0.2) is 55.8 Å². The smallest absolute Gasteiger partial charge is 0.325 e. The third-order valence-electron chi connectivity index (χ3n) is 5.50. The lowest BCUT2D eigenvalue weighted by molar-refractivity contribution is -0.129. The number of benzene rings is 1. The molecule has 140 valence electrons. The quantitative estimate of drug-likeness (QED) is 0.825. The maximum Gasteiger partial charge on any atom is 0.325 e. The van der Waals surface area contributed by atoms with E-state index in [4.69, 9.17) is 0 Å². The Morgan fingerprint density at radius 2 is 1.89 bits per heavy atom. The average Bonchev–Trinajstić information content (AvgIpc) is 3.20. The highest BCUT2D eigenvalue weighted by molar-refractivity contribution is 6.07. The van der Waals surface area contributed by atoms with Gasteiger partial charge in [-0.1, -0.05) is 30.3 Å². The van der Waals surface area contributed by atoms with Crippen molar-refractivity contribution in [3.05, 3.63) is 54.1 Å². The predicted octanol–water partition coefficient (Wildman–Crippen LogP) is 1.15. The molecule has 1 aromatic heterocycles. The summed E-state index contributed by atoms with van der Waals surface area (Å²) in [6.07, 6.45) is 3.96. The molecule has 0 aliphatic carbocycles. The first-order valence-electron chi connectivity index (χ1n) is 8.94. The number of aromatic nitrogens is 2. The van der Waals surface area contributed by atoms with Crippen LogP contribution in [0.25, 0.3) is 0 Å². The minimum Gasteiger partial charge on any atom is -0.337 e. The lowest BCUT2D eigenvalue weighted by atomic mass is 9.85. The number of amides is 4. The van der Waals surface area contributed by atoms with Gasteiger partial charge in [0.25, 0.3) is 11.8 Å². The number of nitrogens with one attached hydrogen (secondary N) is 1. The Morgan fingerprint density at radius 3 is 2.52 bits per heavy atom. The lowest BCUT2D eigenvalue weighted by Crippen LogP contribution is -2.57. The van der Waals surface area contributed by atoms with Crippen LogP contribution in [0.5, 0.6) is 0 Å². The largest absolute Gasteiger partial charge is 0.337 e. The molecule has 3 heterocycles. The predicted molar refractivity (Wildman–Crippen MR) is 96.6 cm³/mol. The van der Waals surface area contributed by atoms with Gasteiger partial charge in [0, 0.05) is 26.7 Å². The molecule has 0 bridgehead atoms. The van der Waals surface area contributed by atoms with Crippen molar-refractivity contribution in [1.82, 2.24) is 24.7 Å². The molecule has 4 amide bonds. The van der Waals surface area contributed by atoms with Crippen molar-refractivity contribution in [3.8, 4) is 0 Å². The number of nitrogens with zero attached hydrogens (tertiary/aromatic N) is 4. The van der Waals surface area contributed by atoms with E-state index in [1.165, 1.54) is 0 Å². The van der Waals surface area contributed by atoms with Crippen molar-refractivity contribution < 1.29 is 14.4 Å². The molecule has 1 spiro atoms. The fourth-order valence-corrected chi connectivity index (χ4v) is 3.89. The highest BCUT2D eigenvalue weighted by atomic mass is 16.2. The van der Waals surface area contributed by atoms with Crippen LogP contribution >= 0.6 is 0 Å². The molecule has 0 atom stereocenters. The molecule has 2 saturated heterocycles. The number of aryl methyl sites for hydroxylation is 1. The Kier molecular flexibility index (Phi) is 4.18. The summed E-state index contributed by atoms with van der Waals surface area (Å²) in [5.74, 6) is -0.375. The van der Waals surface area contributed by atoms with Crippen molar-refractivity contribution >= 4 is 17.8 Å². The van der Waals surface area contributed by atoms with Crippen LogP contribution in [0.1, 0.15) is 28.9 Å². The van der Waals surface area contributed by atoms with Gasteiger partial charge in [0.2, 0.25) is 0 Å². The van der Waals surface area contributed by atoms with Crippen molar-refractivity contribution in [2.75, 3.05) is 13.1 Å². The first-order chi connectivity index (χ1) is 13.0. The van der Waals surface area contributed by atoms with Crippen LogP contribution in [0.4, 0.5) is 4.79 Å². The molecule has 0 unspecified atom stereocenters. The van der Waals surface area contributed by atoms with Gasteiger partial charge < -0.3 is 14.4 Å². The van der Waals surface area contributed by atoms with Gasteiger partial charge in [-0.15, -0.1) is 0 Å². The van der Waals surface area contributed by atoms with E-state index in [2.05, 4.69) is 10.3 Å². The second-order valence-electron chi connectivity index (χ2n) is 7.04. The zero-order valence-electron chi connectivity index (χ0n) is 15.1. The van der Waals surface area contributed by atoms with E-state index in [0.29, 0.717) is 38.2 Å². The second kappa shape index (κ2) is 6.53. The summed E-state index contributed by atoms with van der Waals surface area (Å²) in [6.45, 7) is 1.19. The van der Waals surface area contributed by atoms with Crippen molar-refractivity contribution in [2.24, 2.45) is 7.05 Å². The van der Waals surface area contributed by atoms with E-state index < -0.39 is 5.54 Å². The Labute approximate surface area is 156 Å². The maximum atomic E-state index is 12.7. The van der Waals surface area contributed by atoms with Crippen LogP contribution < -0.4 is 5.32 Å².